The van der Waals surface area contributed by atoms with Crippen molar-refractivity contribution >= 4 is 5.91 Å². The molecule has 0 unspecified atom stereocenters. The van der Waals surface area contributed by atoms with Crippen molar-refractivity contribution in [1.82, 2.24) is 9.80 Å². The van der Waals surface area contributed by atoms with E-state index in [9.17, 15) is 4.79 Å². The van der Waals surface area contributed by atoms with Gasteiger partial charge < -0.3 is 19.1 Å². The maximum Gasteiger partial charge on any atom is 0.229 e. The van der Waals surface area contributed by atoms with E-state index in [0.29, 0.717) is 26.3 Å². The number of carbonyl (C=O) groups excluding carboxylic acids is 1. The number of ether oxygens (including phenoxy) is 3. The lowest BCUT2D eigenvalue weighted by atomic mass is 10.1. The van der Waals surface area contributed by atoms with Crippen LogP contribution in [0.4, 0.5) is 0 Å². The topological polar surface area (TPSA) is 51.2 Å². The summed E-state index contributed by atoms with van der Waals surface area (Å²) in [6, 6.07) is 5.90. The first-order valence-corrected chi connectivity index (χ1v) is 7.90. The summed E-state index contributed by atoms with van der Waals surface area (Å²) in [4.78, 5) is 16.6. The maximum absolute atomic E-state index is 12.4. The fourth-order valence-corrected chi connectivity index (χ4v) is 3.42. The molecule has 0 radical (unpaired) electrons. The lowest BCUT2D eigenvalue weighted by molar-refractivity contribution is -0.133. The van der Waals surface area contributed by atoms with E-state index >= 15 is 0 Å². The van der Waals surface area contributed by atoms with Crippen molar-refractivity contribution in [2.75, 3.05) is 47.6 Å². The lowest BCUT2D eigenvalue weighted by Gasteiger charge is -2.30. The van der Waals surface area contributed by atoms with Gasteiger partial charge in [0.05, 0.1) is 45.0 Å². The Hall–Kier alpha value is -1.79. The molecule has 0 aliphatic carbocycles. The van der Waals surface area contributed by atoms with Gasteiger partial charge in [0.15, 0.2) is 0 Å². The molecule has 6 heteroatoms. The third-order valence-corrected chi connectivity index (χ3v) is 4.73. The SMILES string of the molecule is COc1cccc(OC)c1CN1C[C@@H]2COC[C@H](C1)N(C)C2=O. The minimum atomic E-state index is -0.104. The van der Waals surface area contributed by atoms with Crippen molar-refractivity contribution in [2.45, 2.75) is 12.6 Å². The molecule has 2 aliphatic rings. The van der Waals surface area contributed by atoms with Crippen molar-refractivity contribution in [3.8, 4) is 11.5 Å². The van der Waals surface area contributed by atoms with E-state index in [4.69, 9.17) is 14.2 Å². The summed E-state index contributed by atoms with van der Waals surface area (Å²) in [5.41, 5.74) is 1.02. The number of nitrogens with zero attached hydrogens (tertiary/aromatic N) is 2. The molecule has 2 aliphatic heterocycles. The van der Waals surface area contributed by atoms with E-state index in [1.165, 1.54) is 0 Å². The highest BCUT2D eigenvalue weighted by Crippen LogP contribution is 2.31. The number of hydrogen-bond donors (Lipinski definition) is 0. The van der Waals surface area contributed by atoms with Gasteiger partial charge in [-0.05, 0) is 12.1 Å². The van der Waals surface area contributed by atoms with Crippen molar-refractivity contribution in [1.29, 1.82) is 0 Å². The summed E-state index contributed by atoms with van der Waals surface area (Å²) in [6.07, 6.45) is 0. The normalized spacial score (nSPS) is 25.2. The molecular weight excluding hydrogens is 296 g/mol. The van der Waals surface area contributed by atoms with Crippen molar-refractivity contribution in [3.63, 3.8) is 0 Å². The molecule has 2 bridgehead atoms. The summed E-state index contributed by atoms with van der Waals surface area (Å²) < 4.78 is 16.6. The molecule has 1 amide bonds. The van der Waals surface area contributed by atoms with Gasteiger partial charge in [0.1, 0.15) is 11.5 Å². The van der Waals surface area contributed by atoms with Crippen molar-refractivity contribution < 1.29 is 19.0 Å². The standard InChI is InChI=1S/C17H24N2O4/c1-18-13-8-19(7-12(17(18)20)10-23-11-13)9-14-15(21-2)5-4-6-16(14)22-3/h4-6,12-13H,7-11H2,1-3H3/t12-,13+/m1/s1. The molecule has 1 aromatic rings. The minimum absolute atomic E-state index is 0.0932. The average molecular weight is 320 g/mol. The zero-order valence-corrected chi connectivity index (χ0v) is 13.9. The van der Waals surface area contributed by atoms with Crippen molar-refractivity contribution in [3.05, 3.63) is 23.8 Å². The minimum Gasteiger partial charge on any atom is -0.496 e. The first-order chi connectivity index (χ1) is 11.1. The first kappa shape index (κ1) is 16.1. The highest BCUT2D eigenvalue weighted by atomic mass is 16.5. The number of methoxy groups -OCH3 is 2. The van der Waals surface area contributed by atoms with Gasteiger partial charge in [-0.2, -0.15) is 0 Å². The highest BCUT2D eigenvalue weighted by Gasteiger charge is 2.37. The van der Waals surface area contributed by atoms with Crippen LogP contribution in [0, 0.1) is 5.92 Å². The van der Waals surface area contributed by atoms with Gasteiger partial charge in [-0.15, -0.1) is 0 Å². The van der Waals surface area contributed by atoms with Crippen molar-refractivity contribution in [2.24, 2.45) is 5.92 Å². The van der Waals surface area contributed by atoms with Gasteiger partial charge in [-0.3, -0.25) is 9.69 Å². The number of fused-ring (bicyclic) bond motifs is 3. The molecule has 2 saturated heterocycles. The molecule has 2 heterocycles. The van der Waals surface area contributed by atoms with Crippen LogP contribution in [0.15, 0.2) is 18.2 Å². The van der Waals surface area contributed by atoms with E-state index in [2.05, 4.69) is 4.90 Å². The predicted molar refractivity (Wildman–Crippen MR) is 85.7 cm³/mol. The largest absolute Gasteiger partial charge is 0.496 e. The van der Waals surface area contributed by atoms with E-state index < -0.39 is 0 Å². The fourth-order valence-electron chi connectivity index (χ4n) is 3.42. The molecule has 2 atom stereocenters. The third kappa shape index (κ3) is 3.14. The lowest BCUT2D eigenvalue weighted by Crippen LogP contribution is -2.42. The predicted octanol–water partition coefficient (Wildman–Crippen LogP) is 0.993. The molecule has 0 N–H and O–H groups in total. The Kier molecular flexibility index (Phi) is 4.73. The van der Waals surface area contributed by atoms with Gasteiger partial charge in [-0.25, -0.2) is 0 Å². The maximum atomic E-state index is 12.4. The van der Waals surface area contributed by atoms with E-state index in [1.807, 2.05) is 30.1 Å². The first-order valence-electron chi connectivity index (χ1n) is 7.90. The second-order valence-corrected chi connectivity index (χ2v) is 6.17. The van der Waals surface area contributed by atoms with Gasteiger partial charge in [-0.1, -0.05) is 6.07 Å². The molecule has 0 saturated carbocycles. The second kappa shape index (κ2) is 6.76. The van der Waals surface area contributed by atoms with E-state index in [0.717, 1.165) is 23.6 Å². The Labute approximate surface area is 136 Å². The average Bonchev–Trinajstić information content (AvgIpc) is 2.74. The molecule has 0 spiro atoms. The number of likely N-dealkylation sites (N-methyl/N-ethyl adjacent to an activating group) is 1. The Bertz CT molecular complexity index is 555. The molecule has 0 aromatic heterocycles. The summed E-state index contributed by atoms with van der Waals surface area (Å²) in [5.74, 6) is 1.71. The van der Waals surface area contributed by atoms with Crippen LogP contribution in [0.1, 0.15) is 5.56 Å². The monoisotopic (exact) mass is 320 g/mol. The Morgan fingerprint density at radius 1 is 1.17 bits per heavy atom. The van der Waals surface area contributed by atoms with Crippen LogP contribution in [0.25, 0.3) is 0 Å². The van der Waals surface area contributed by atoms with Crippen LogP contribution in [0.3, 0.4) is 0 Å². The van der Waals surface area contributed by atoms with Gasteiger partial charge >= 0.3 is 0 Å². The zero-order chi connectivity index (χ0) is 16.4. The quantitative estimate of drug-likeness (QED) is 0.828. The molecule has 126 valence electrons. The second-order valence-electron chi connectivity index (χ2n) is 6.17. The molecule has 2 fully saturated rings. The van der Waals surface area contributed by atoms with E-state index in [1.54, 1.807) is 14.2 Å². The number of amides is 1. The Morgan fingerprint density at radius 3 is 2.52 bits per heavy atom. The number of carbonyl (C=O) groups is 1. The van der Waals surface area contributed by atoms with Gasteiger partial charge in [0.25, 0.3) is 0 Å². The molecule has 23 heavy (non-hydrogen) atoms. The molecule has 6 nitrogen and oxygen atoms in total. The summed E-state index contributed by atoms with van der Waals surface area (Å²) in [6.45, 7) is 3.28. The zero-order valence-electron chi connectivity index (χ0n) is 13.9. The Morgan fingerprint density at radius 2 is 1.87 bits per heavy atom. The van der Waals surface area contributed by atoms with E-state index in [-0.39, 0.29) is 17.9 Å². The number of benzene rings is 1. The molecule has 1 aromatic carbocycles. The molecular formula is C17H24N2O4. The highest BCUT2D eigenvalue weighted by molar-refractivity contribution is 5.80. The van der Waals surface area contributed by atoms with Gasteiger partial charge in [0, 0.05) is 26.7 Å². The number of hydrogen-bond acceptors (Lipinski definition) is 5. The summed E-state index contributed by atoms with van der Waals surface area (Å²) >= 11 is 0. The van der Waals surface area contributed by atoms with Crippen LogP contribution in [0.5, 0.6) is 11.5 Å². The fraction of sp³-hybridized carbons (Fsp3) is 0.588. The van der Waals surface area contributed by atoms with Crippen LogP contribution >= 0.6 is 0 Å². The van der Waals surface area contributed by atoms with Crippen LogP contribution in [0.2, 0.25) is 0 Å². The Balaban J connectivity index is 1.85. The molecule has 3 rings (SSSR count). The smallest absolute Gasteiger partial charge is 0.229 e. The van der Waals surface area contributed by atoms with Crippen LogP contribution < -0.4 is 9.47 Å². The number of rotatable bonds is 4. The third-order valence-electron chi connectivity index (χ3n) is 4.73. The summed E-state index contributed by atoms with van der Waals surface area (Å²) in [7, 11) is 5.21. The van der Waals surface area contributed by atoms with Crippen LogP contribution in [-0.4, -0.2) is 69.3 Å². The van der Waals surface area contributed by atoms with Crippen LogP contribution in [-0.2, 0) is 16.1 Å². The summed E-state index contributed by atoms with van der Waals surface area (Å²) in [5, 5.41) is 0. The van der Waals surface area contributed by atoms with Gasteiger partial charge in [0.2, 0.25) is 5.91 Å².